The topological polar surface area (TPSA) is 70.4 Å². The molecule has 28 heavy (non-hydrogen) atoms. The average molecular weight is 397 g/mol. The molecule has 0 N–H and O–H groups in total. The highest BCUT2D eigenvalue weighted by Crippen LogP contribution is 2.33. The van der Waals surface area contributed by atoms with Crippen LogP contribution in [0.4, 0.5) is 5.69 Å². The molecular weight excluding hydrogens is 376 g/mol. The van der Waals surface area contributed by atoms with Gasteiger partial charge < -0.3 is 9.64 Å². The number of halogens is 1. The van der Waals surface area contributed by atoms with Crippen molar-refractivity contribution in [2.75, 3.05) is 24.6 Å². The molecular formula is C22H21ClN2O3. The van der Waals surface area contributed by atoms with Crippen LogP contribution in [0.25, 0.3) is 0 Å². The summed E-state index contributed by atoms with van der Waals surface area (Å²) in [5.41, 5.74) is 3.36. The van der Waals surface area contributed by atoms with Gasteiger partial charge in [0.25, 0.3) is 0 Å². The Morgan fingerprint density at radius 1 is 1.25 bits per heavy atom. The largest absolute Gasteiger partial charge is 0.462 e. The minimum Gasteiger partial charge on any atom is -0.462 e. The van der Waals surface area contributed by atoms with E-state index in [1.54, 1.807) is 37.3 Å². The van der Waals surface area contributed by atoms with Crippen LogP contribution in [0, 0.1) is 11.3 Å². The molecule has 0 radical (unpaired) electrons. The van der Waals surface area contributed by atoms with Crippen LogP contribution in [-0.2, 0) is 11.2 Å². The number of nitrogens with zero attached hydrogens (tertiary/aromatic N) is 2. The molecule has 0 bridgehead atoms. The standard InChI is InChI=1S/C22H21ClN2O3/c1-15(23)21(26)18-12-17-8-10-25(20(17)19(13-18)14-24)9-5-11-28-22(27)16-6-3-2-4-7-16/h2-4,6-7,12-13,15H,5,8-11H2,1H3. The predicted octanol–water partition coefficient (Wildman–Crippen LogP) is 3.98. The molecule has 1 atom stereocenters. The van der Waals surface area contributed by atoms with Gasteiger partial charge >= 0.3 is 5.97 Å². The van der Waals surface area contributed by atoms with Crippen molar-refractivity contribution in [3.05, 3.63) is 64.7 Å². The van der Waals surface area contributed by atoms with E-state index in [1.807, 2.05) is 12.1 Å². The number of alkyl halides is 1. The lowest BCUT2D eigenvalue weighted by Gasteiger charge is -2.20. The first kappa shape index (κ1) is 19.9. The van der Waals surface area contributed by atoms with Crippen LogP contribution in [0.2, 0.25) is 0 Å². The fourth-order valence-electron chi connectivity index (χ4n) is 3.38. The third-order valence-electron chi connectivity index (χ3n) is 4.74. The Kier molecular flexibility index (Phi) is 6.33. The number of ether oxygens (including phenoxy) is 1. The summed E-state index contributed by atoms with van der Waals surface area (Å²) in [5, 5.41) is 8.92. The zero-order valence-electron chi connectivity index (χ0n) is 15.7. The van der Waals surface area contributed by atoms with Crippen molar-refractivity contribution in [2.45, 2.75) is 25.1 Å². The number of esters is 1. The Balaban J connectivity index is 1.62. The van der Waals surface area contributed by atoms with Gasteiger partial charge in [0.15, 0.2) is 5.78 Å². The smallest absolute Gasteiger partial charge is 0.338 e. The Bertz CT molecular complexity index is 919. The molecule has 0 aromatic heterocycles. The number of hydrogen-bond donors (Lipinski definition) is 0. The van der Waals surface area contributed by atoms with Gasteiger partial charge in [-0.05, 0) is 49.6 Å². The second-order valence-corrected chi connectivity index (χ2v) is 7.37. The van der Waals surface area contributed by atoms with Gasteiger partial charge in [-0.1, -0.05) is 18.2 Å². The fraction of sp³-hybridized carbons (Fsp3) is 0.318. The van der Waals surface area contributed by atoms with E-state index in [-0.39, 0.29) is 11.8 Å². The highest BCUT2D eigenvalue weighted by atomic mass is 35.5. The molecule has 0 saturated heterocycles. The summed E-state index contributed by atoms with van der Waals surface area (Å²) in [5.74, 6) is -0.509. The summed E-state index contributed by atoms with van der Waals surface area (Å²) in [4.78, 5) is 26.3. The molecule has 0 amide bonds. The Morgan fingerprint density at radius 2 is 2.00 bits per heavy atom. The van der Waals surface area contributed by atoms with Crippen LogP contribution < -0.4 is 4.90 Å². The molecule has 2 aromatic carbocycles. The van der Waals surface area contributed by atoms with Gasteiger partial charge in [-0.2, -0.15) is 5.26 Å². The molecule has 0 aliphatic carbocycles. The maximum absolute atomic E-state index is 12.2. The minimum atomic E-state index is -0.624. The number of hydrogen-bond acceptors (Lipinski definition) is 5. The first-order valence-electron chi connectivity index (χ1n) is 9.23. The van der Waals surface area contributed by atoms with Gasteiger partial charge in [-0.3, -0.25) is 4.79 Å². The zero-order valence-corrected chi connectivity index (χ0v) is 16.4. The Hall–Kier alpha value is -2.84. The quantitative estimate of drug-likeness (QED) is 0.306. The fourth-order valence-corrected chi connectivity index (χ4v) is 3.51. The lowest BCUT2D eigenvalue weighted by atomic mass is 9.99. The molecule has 3 rings (SSSR count). The highest BCUT2D eigenvalue weighted by Gasteiger charge is 2.25. The van der Waals surface area contributed by atoms with Crippen LogP contribution in [0.15, 0.2) is 42.5 Å². The van der Waals surface area contributed by atoms with Crippen LogP contribution in [-0.4, -0.2) is 36.8 Å². The van der Waals surface area contributed by atoms with Crippen LogP contribution in [0.1, 0.15) is 45.2 Å². The Morgan fingerprint density at radius 3 is 2.68 bits per heavy atom. The van der Waals surface area contributed by atoms with Crippen LogP contribution in [0.5, 0.6) is 0 Å². The maximum Gasteiger partial charge on any atom is 0.338 e. The summed E-state index contributed by atoms with van der Waals surface area (Å²) in [6, 6.07) is 14.5. The Labute approximate surface area is 169 Å². The third kappa shape index (κ3) is 4.35. The summed E-state index contributed by atoms with van der Waals surface area (Å²) in [6.07, 6.45) is 1.42. The normalized spacial score (nSPS) is 13.5. The highest BCUT2D eigenvalue weighted by molar-refractivity contribution is 6.33. The predicted molar refractivity (Wildman–Crippen MR) is 108 cm³/mol. The summed E-state index contributed by atoms with van der Waals surface area (Å²) >= 11 is 5.91. The van der Waals surface area contributed by atoms with Crippen molar-refractivity contribution in [2.24, 2.45) is 0 Å². The molecule has 1 heterocycles. The van der Waals surface area contributed by atoms with E-state index >= 15 is 0 Å². The number of rotatable bonds is 7. The molecule has 5 nitrogen and oxygen atoms in total. The van der Waals surface area contributed by atoms with Crippen molar-refractivity contribution >= 4 is 29.0 Å². The van der Waals surface area contributed by atoms with E-state index in [0.29, 0.717) is 36.3 Å². The lowest BCUT2D eigenvalue weighted by molar-refractivity contribution is 0.0502. The number of benzene rings is 2. The molecule has 144 valence electrons. The number of ketones is 1. The SMILES string of the molecule is CC(Cl)C(=O)c1cc(C#N)c2c(c1)CCN2CCCOC(=O)c1ccccc1. The maximum atomic E-state index is 12.2. The first-order valence-corrected chi connectivity index (χ1v) is 9.67. The zero-order chi connectivity index (χ0) is 20.1. The van der Waals surface area contributed by atoms with E-state index in [2.05, 4.69) is 11.0 Å². The molecule has 2 aromatic rings. The van der Waals surface area contributed by atoms with Crippen molar-refractivity contribution in [3.8, 4) is 6.07 Å². The number of carbonyl (C=O) groups excluding carboxylic acids is 2. The first-order chi connectivity index (χ1) is 13.5. The number of nitriles is 1. The second-order valence-electron chi connectivity index (χ2n) is 6.72. The minimum absolute atomic E-state index is 0.174. The van der Waals surface area contributed by atoms with Gasteiger partial charge in [-0.15, -0.1) is 11.6 Å². The van der Waals surface area contributed by atoms with E-state index in [1.165, 1.54) is 0 Å². The monoisotopic (exact) mass is 396 g/mol. The van der Waals surface area contributed by atoms with Crippen molar-refractivity contribution < 1.29 is 14.3 Å². The van der Waals surface area contributed by atoms with E-state index in [4.69, 9.17) is 16.3 Å². The summed E-state index contributed by atoms with van der Waals surface area (Å²) < 4.78 is 5.32. The van der Waals surface area contributed by atoms with Crippen LogP contribution in [0.3, 0.4) is 0 Å². The van der Waals surface area contributed by atoms with Crippen molar-refractivity contribution in [3.63, 3.8) is 0 Å². The number of Topliss-reactive ketones (excluding diaryl/α,β-unsaturated/α-hetero) is 1. The molecule has 0 saturated carbocycles. The van der Waals surface area contributed by atoms with Crippen LogP contribution >= 0.6 is 11.6 Å². The molecule has 6 heteroatoms. The molecule has 0 spiro atoms. The molecule has 0 fully saturated rings. The lowest BCUT2D eigenvalue weighted by Crippen LogP contribution is -2.24. The summed E-state index contributed by atoms with van der Waals surface area (Å²) in [6.45, 7) is 3.38. The van der Waals surface area contributed by atoms with E-state index in [9.17, 15) is 14.9 Å². The second kappa shape index (κ2) is 8.90. The van der Waals surface area contributed by atoms with E-state index < -0.39 is 5.38 Å². The van der Waals surface area contributed by atoms with Crippen molar-refractivity contribution in [1.29, 1.82) is 5.26 Å². The number of fused-ring (bicyclic) bond motifs is 1. The van der Waals surface area contributed by atoms with Gasteiger partial charge in [-0.25, -0.2) is 4.79 Å². The molecule has 1 unspecified atom stereocenters. The summed E-state index contributed by atoms with van der Waals surface area (Å²) in [7, 11) is 0. The molecule has 1 aliphatic rings. The number of anilines is 1. The van der Waals surface area contributed by atoms with Crippen molar-refractivity contribution in [1.82, 2.24) is 0 Å². The van der Waals surface area contributed by atoms with Gasteiger partial charge in [0, 0.05) is 18.7 Å². The average Bonchev–Trinajstić information content (AvgIpc) is 3.13. The van der Waals surface area contributed by atoms with E-state index in [0.717, 1.165) is 24.2 Å². The van der Waals surface area contributed by atoms with Gasteiger partial charge in [0.2, 0.25) is 0 Å². The molecule has 1 aliphatic heterocycles. The van der Waals surface area contributed by atoms with Gasteiger partial charge in [0.1, 0.15) is 6.07 Å². The van der Waals surface area contributed by atoms with Gasteiger partial charge in [0.05, 0.1) is 28.8 Å². The number of carbonyl (C=O) groups is 2. The third-order valence-corrected chi connectivity index (χ3v) is 4.94.